The minimum atomic E-state index is 0.710. The van der Waals surface area contributed by atoms with Crippen molar-refractivity contribution >= 4 is 28.6 Å². The van der Waals surface area contributed by atoms with Crippen LogP contribution >= 0.6 is 22.7 Å². The van der Waals surface area contributed by atoms with E-state index in [1.807, 2.05) is 6.20 Å². The zero-order valence-electron chi connectivity index (χ0n) is 10.4. The number of nitrogens with one attached hydrogen (secondary N) is 2. The average molecular weight is 280 g/mol. The Labute approximate surface area is 115 Å². The van der Waals surface area contributed by atoms with Gasteiger partial charge in [-0.3, -0.25) is 4.99 Å². The molecule has 0 fully saturated rings. The number of nitrogens with zero attached hydrogens (tertiary/aromatic N) is 2. The normalized spacial score (nSPS) is 11.6. The van der Waals surface area contributed by atoms with Crippen molar-refractivity contribution in [1.82, 2.24) is 15.6 Å². The Morgan fingerprint density at radius 3 is 2.83 bits per heavy atom. The smallest absolute Gasteiger partial charge is 0.191 e. The number of hydrogen-bond acceptors (Lipinski definition) is 4. The van der Waals surface area contributed by atoms with Crippen LogP contribution in [-0.4, -0.2) is 18.0 Å². The van der Waals surface area contributed by atoms with Gasteiger partial charge in [0.25, 0.3) is 0 Å². The first-order valence-electron chi connectivity index (χ1n) is 5.65. The number of rotatable bonds is 4. The summed E-state index contributed by atoms with van der Waals surface area (Å²) in [6.07, 6.45) is 1.89. The molecule has 0 radical (unpaired) electrons. The number of hydrogen-bond donors (Lipinski definition) is 2. The van der Waals surface area contributed by atoms with Gasteiger partial charge in [-0.05, 0) is 29.3 Å². The Bertz CT molecular complexity index is 502. The van der Waals surface area contributed by atoms with Crippen LogP contribution in [0.2, 0.25) is 0 Å². The Morgan fingerprint density at radius 1 is 1.39 bits per heavy atom. The van der Waals surface area contributed by atoms with E-state index in [-0.39, 0.29) is 0 Å². The Kier molecular flexibility index (Phi) is 4.72. The van der Waals surface area contributed by atoms with Gasteiger partial charge in [0.15, 0.2) is 5.96 Å². The predicted octanol–water partition coefficient (Wildman–Crippen LogP) is 2.38. The topological polar surface area (TPSA) is 49.3 Å². The number of thiophene rings is 1. The highest BCUT2D eigenvalue weighted by molar-refractivity contribution is 7.11. The molecule has 2 heterocycles. The van der Waals surface area contributed by atoms with E-state index >= 15 is 0 Å². The fourth-order valence-electron chi connectivity index (χ4n) is 1.44. The van der Waals surface area contributed by atoms with Gasteiger partial charge in [0.1, 0.15) is 5.01 Å². The second-order valence-electron chi connectivity index (χ2n) is 3.78. The van der Waals surface area contributed by atoms with E-state index in [0.717, 1.165) is 17.5 Å². The zero-order chi connectivity index (χ0) is 12.8. The summed E-state index contributed by atoms with van der Waals surface area (Å²) in [5, 5.41) is 11.8. The fraction of sp³-hybridized carbons (Fsp3) is 0.333. The van der Waals surface area contributed by atoms with Crippen LogP contribution in [-0.2, 0) is 13.1 Å². The summed E-state index contributed by atoms with van der Waals surface area (Å²) >= 11 is 3.40. The van der Waals surface area contributed by atoms with Gasteiger partial charge >= 0.3 is 0 Å². The van der Waals surface area contributed by atoms with E-state index in [9.17, 15) is 0 Å². The third-order valence-electron chi connectivity index (χ3n) is 2.34. The van der Waals surface area contributed by atoms with Gasteiger partial charge < -0.3 is 10.6 Å². The molecule has 0 aliphatic heterocycles. The van der Waals surface area contributed by atoms with Gasteiger partial charge in [-0.15, -0.1) is 11.3 Å². The van der Waals surface area contributed by atoms with Crippen LogP contribution < -0.4 is 10.6 Å². The standard InChI is InChI=1S/C12H16N4S2/c1-9-5-14-11(18-9)7-16-12(13-2)15-6-10-3-4-17-8-10/h3-5,8H,6-7H2,1-2H3,(H2,13,15,16). The van der Waals surface area contributed by atoms with Gasteiger partial charge in [-0.25, -0.2) is 4.98 Å². The second kappa shape index (κ2) is 6.51. The molecule has 2 N–H and O–H groups in total. The van der Waals surface area contributed by atoms with Crippen molar-refractivity contribution < 1.29 is 0 Å². The highest BCUT2D eigenvalue weighted by Crippen LogP contribution is 2.10. The van der Waals surface area contributed by atoms with Gasteiger partial charge in [-0.2, -0.15) is 11.3 Å². The predicted molar refractivity (Wildman–Crippen MR) is 78.2 cm³/mol. The van der Waals surface area contributed by atoms with Crippen molar-refractivity contribution in [3.8, 4) is 0 Å². The summed E-state index contributed by atoms with van der Waals surface area (Å²) < 4.78 is 0. The largest absolute Gasteiger partial charge is 0.352 e. The molecule has 0 aliphatic rings. The first-order chi connectivity index (χ1) is 8.78. The first kappa shape index (κ1) is 13.0. The van der Waals surface area contributed by atoms with E-state index in [1.165, 1.54) is 10.4 Å². The molecule has 6 heteroatoms. The quantitative estimate of drug-likeness (QED) is 0.668. The van der Waals surface area contributed by atoms with E-state index in [1.54, 1.807) is 29.7 Å². The van der Waals surface area contributed by atoms with Crippen molar-refractivity contribution in [2.45, 2.75) is 20.0 Å². The monoisotopic (exact) mass is 280 g/mol. The van der Waals surface area contributed by atoms with Crippen molar-refractivity contribution in [2.75, 3.05) is 7.05 Å². The highest BCUT2D eigenvalue weighted by Gasteiger charge is 2.01. The van der Waals surface area contributed by atoms with E-state index in [0.29, 0.717) is 6.54 Å². The van der Waals surface area contributed by atoms with Gasteiger partial charge in [0, 0.05) is 24.7 Å². The molecule has 0 saturated carbocycles. The minimum absolute atomic E-state index is 0.710. The SMILES string of the molecule is CN=C(NCc1ccsc1)NCc1ncc(C)s1. The lowest BCUT2D eigenvalue weighted by Crippen LogP contribution is -2.36. The van der Waals surface area contributed by atoms with Crippen LogP contribution in [0.15, 0.2) is 28.0 Å². The molecule has 96 valence electrons. The molecular formula is C12H16N4S2. The van der Waals surface area contributed by atoms with Crippen LogP contribution in [0.1, 0.15) is 15.4 Å². The van der Waals surface area contributed by atoms with Gasteiger partial charge in [-0.1, -0.05) is 0 Å². The maximum Gasteiger partial charge on any atom is 0.191 e. The molecular weight excluding hydrogens is 264 g/mol. The summed E-state index contributed by atoms with van der Waals surface area (Å²) in [4.78, 5) is 9.72. The van der Waals surface area contributed by atoms with Crippen molar-refractivity contribution in [3.63, 3.8) is 0 Å². The van der Waals surface area contributed by atoms with Crippen molar-refractivity contribution in [2.24, 2.45) is 4.99 Å². The van der Waals surface area contributed by atoms with E-state index < -0.39 is 0 Å². The van der Waals surface area contributed by atoms with E-state index in [4.69, 9.17) is 0 Å². The average Bonchev–Trinajstić information content (AvgIpc) is 3.01. The van der Waals surface area contributed by atoms with Crippen LogP contribution in [0.5, 0.6) is 0 Å². The second-order valence-corrected chi connectivity index (χ2v) is 5.87. The zero-order valence-corrected chi connectivity index (χ0v) is 12.1. The molecule has 0 aromatic carbocycles. The molecule has 0 unspecified atom stereocenters. The van der Waals surface area contributed by atoms with E-state index in [2.05, 4.69) is 44.4 Å². The van der Waals surface area contributed by atoms with Crippen LogP contribution in [0.25, 0.3) is 0 Å². The molecule has 0 bridgehead atoms. The molecule has 2 aromatic rings. The molecule has 4 nitrogen and oxygen atoms in total. The summed E-state index contributed by atoms with van der Waals surface area (Å²) in [7, 11) is 1.77. The number of guanidine groups is 1. The van der Waals surface area contributed by atoms with Crippen LogP contribution in [0.4, 0.5) is 0 Å². The van der Waals surface area contributed by atoms with Crippen molar-refractivity contribution in [3.05, 3.63) is 38.5 Å². The summed E-state index contributed by atoms with van der Waals surface area (Å²) in [6, 6.07) is 2.11. The maximum atomic E-state index is 4.31. The van der Waals surface area contributed by atoms with Gasteiger partial charge in [0.05, 0.1) is 6.54 Å². The maximum absolute atomic E-state index is 4.31. The lowest BCUT2D eigenvalue weighted by atomic mass is 10.3. The number of aromatic nitrogens is 1. The highest BCUT2D eigenvalue weighted by atomic mass is 32.1. The third kappa shape index (κ3) is 3.82. The molecule has 0 atom stereocenters. The molecule has 18 heavy (non-hydrogen) atoms. The molecule has 0 spiro atoms. The Balaban J connectivity index is 1.79. The van der Waals surface area contributed by atoms with Crippen molar-refractivity contribution in [1.29, 1.82) is 0 Å². The Morgan fingerprint density at radius 2 is 2.22 bits per heavy atom. The number of thiazole rings is 1. The van der Waals surface area contributed by atoms with Gasteiger partial charge in [0.2, 0.25) is 0 Å². The lowest BCUT2D eigenvalue weighted by molar-refractivity contribution is 0.806. The Hall–Kier alpha value is -1.40. The number of aliphatic imine (C=N–C) groups is 1. The number of aryl methyl sites for hydroxylation is 1. The molecule has 2 aromatic heterocycles. The minimum Gasteiger partial charge on any atom is -0.352 e. The molecule has 0 amide bonds. The first-order valence-corrected chi connectivity index (χ1v) is 7.41. The molecule has 2 rings (SSSR count). The summed E-state index contributed by atoms with van der Waals surface area (Å²) in [6.45, 7) is 3.56. The summed E-state index contributed by atoms with van der Waals surface area (Å²) in [5.41, 5.74) is 1.27. The van der Waals surface area contributed by atoms with Crippen LogP contribution in [0, 0.1) is 6.92 Å². The lowest BCUT2D eigenvalue weighted by Gasteiger charge is -2.09. The fourth-order valence-corrected chi connectivity index (χ4v) is 2.84. The summed E-state index contributed by atoms with van der Waals surface area (Å²) in [5.74, 6) is 0.800. The van der Waals surface area contributed by atoms with Crippen LogP contribution in [0.3, 0.4) is 0 Å². The molecule has 0 saturated heterocycles. The third-order valence-corrected chi connectivity index (χ3v) is 3.98. The molecule has 0 aliphatic carbocycles.